The van der Waals surface area contributed by atoms with E-state index in [-0.39, 0.29) is 17.3 Å². The molecule has 0 aliphatic rings. The Morgan fingerprint density at radius 3 is 2.15 bits per heavy atom. The second kappa shape index (κ2) is 13.6. The Morgan fingerprint density at radius 1 is 0.923 bits per heavy atom. The highest BCUT2D eigenvalue weighted by Gasteiger charge is 2.33. The van der Waals surface area contributed by atoms with Crippen LogP contribution in [0.15, 0.2) is 77.7 Å². The monoisotopic (exact) mass is 569 g/mol. The minimum Gasteiger partial charge on any atom is -0.354 e. The second-order valence-electron chi connectivity index (χ2n) is 9.53. The van der Waals surface area contributed by atoms with Gasteiger partial charge in [0, 0.05) is 18.1 Å². The highest BCUT2D eigenvalue weighted by molar-refractivity contribution is 7.92. The van der Waals surface area contributed by atoms with Gasteiger partial charge in [0.05, 0.1) is 10.6 Å². The molecular formula is C30H36ClN3O4S. The van der Waals surface area contributed by atoms with Gasteiger partial charge >= 0.3 is 0 Å². The Labute approximate surface area is 236 Å². The lowest BCUT2D eigenvalue weighted by atomic mass is 10.1. The zero-order chi connectivity index (χ0) is 28.6. The fraction of sp³-hybridized carbons (Fsp3) is 0.333. The van der Waals surface area contributed by atoms with Crippen LogP contribution < -0.4 is 9.62 Å². The molecule has 1 atom stereocenters. The summed E-state index contributed by atoms with van der Waals surface area (Å²) in [6.45, 7) is 7.79. The Balaban J connectivity index is 2.05. The van der Waals surface area contributed by atoms with Crippen LogP contribution in [0.4, 0.5) is 5.69 Å². The normalized spacial score (nSPS) is 12.0. The van der Waals surface area contributed by atoms with Crippen LogP contribution in [-0.2, 0) is 26.2 Å². The maximum absolute atomic E-state index is 14.0. The molecule has 0 spiro atoms. The minimum atomic E-state index is -4.14. The van der Waals surface area contributed by atoms with Crippen molar-refractivity contribution in [1.29, 1.82) is 0 Å². The molecule has 208 valence electrons. The summed E-state index contributed by atoms with van der Waals surface area (Å²) in [6.07, 6.45) is 1.13. The lowest BCUT2D eigenvalue weighted by molar-refractivity contribution is -0.140. The van der Waals surface area contributed by atoms with Crippen LogP contribution in [0.2, 0.25) is 5.02 Å². The predicted molar refractivity (Wildman–Crippen MR) is 156 cm³/mol. The zero-order valence-corrected chi connectivity index (χ0v) is 24.4. The summed E-state index contributed by atoms with van der Waals surface area (Å²) < 4.78 is 28.8. The number of nitrogens with zero attached hydrogens (tertiary/aromatic N) is 2. The highest BCUT2D eigenvalue weighted by atomic mass is 35.5. The first-order valence-corrected chi connectivity index (χ1v) is 14.9. The van der Waals surface area contributed by atoms with Gasteiger partial charge in [0.15, 0.2) is 0 Å². The number of halogens is 1. The van der Waals surface area contributed by atoms with E-state index in [9.17, 15) is 18.0 Å². The predicted octanol–water partition coefficient (Wildman–Crippen LogP) is 5.49. The third-order valence-electron chi connectivity index (χ3n) is 6.34. The highest BCUT2D eigenvalue weighted by Crippen LogP contribution is 2.26. The van der Waals surface area contributed by atoms with E-state index >= 15 is 0 Å². The summed E-state index contributed by atoms with van der Waals surface area (Å²) in [6, 6.07) is 19.8. The van der Waals surface area contributed by atoms with Gasteiger partial charge in [0.1, 0.15) is 12.6 Å². The third-order valence-corrected chi connectivity index (χ3v) is 8.38. The first-order chi connectivity index (χ1) is 18.6. The van der Waals surface area contributed by atoms with E-state index in [4.69, 9.17) is 11.6 Å². The topological polar surface area (TPSA) is 86.8 Å². The van der Waals surface area contributed by atoms with E-state index in [0.717, 1.165) is 27.4 Å². The van der Waals surface area contributed by atoms with Gasteiger partial charge in [-0.1, -0.05) is 67.4 Å². The van der Waals surface area contributed by atoms with Crippen LogP contribution in [0.1, 0.15) is 43.4 Å². The van der Waals surface area contributed by atoms with Gasteiger partial charge in [0.2, 0.25) is 11.8 Å². The molecule has 0 radical (unpaired) electrons. The number of aryl methyl sites for hydroxylation is 2. The fourth-order valence-electron chi connectivity index (χ4n) is 4.34. The Kier molecular flexibility index (Phi) is 10.5. The third kappa shape index (κ3) is 7.83. The molecule has 3 aromatic carbocycles. The number of carbonyl (C=O) groups is 2. The van der Waals surface area contributed by atoms with E-state index in [1.165, 1.54) is 29.2 Å². The van der Waals surface area contributed by atoms with Crippen molar-refractivity contribution in [2.45, 2.75) is 58.0 Å². The number of hydrogen-bond acceptors (Lipinski definition) is 4. The second-order valence-corrected chi connectivity index (χ2v) is 11.8. The maximum Gasteiger partial charge on any atom is 0.264 e. The molecule has 0 fully saturated rings. The van der Waals surface area contributed by atoms with Crippen LogP contribution in [0, 0.1) is 13.8 Å². The largest absolute Gasteiger partial charge is 0.354 e. The average Bonchev–Trinajstić information content (AvgIpc) is 2.90. The van der Waals surface area contributed by atoms with Crippen LogP contribution in [-0.4, -0.2) is 44.3 Å². The number of hydrogen-bond donors (Lipinski definition) is 1. The first-order valence-electron chi connectivity index (χ1n) is 13.0. The molecule has 0 aliphatic heterocycles. The Bertz CT molecular complexity index is 1390. The first kappa shape index (κ1) is 30.2. The Hall–Kier alpha value is -3.36. The van der Waals surface area contributed by atoms with E-state index in [2.05, 4.69) is 5.32 Å². The van der Waals surface area contributed by atoms with E-state index < -0.39 is 28.5 Å². The number of rotatable bonds is 12. The van der Waals surface area contributed by atoms with Gasteiger partial charge in [-0.25, -0.2) is 8.42 Å². The molecular weight excluding hydrogens is 534 g/mol. The van der Waals surface area contributed by atoms with Crippen LogP contribution in [0.5, 0.6) is 0 Å². The summed E-state index contributed by atoms with van der Waals surface area (Å²) in [5, 5.41) is 3.30. The maximum atomic E-state index is 14.0. The molecule has 0 bridgehead atoms. The van der Waals surface area contributed by atoms with Gasteiger partial charge in [-0.15, -0.1) is 0 Å². The lowest BCUT2D eigenvalue weighted by Crippen LogP contribution is -2.52. The summed E-state index contributed by atoms with van der Waals surface area (Å²) in [5.74, 6) is -0.739. The van der Waals surface area contributed by atoms with Crippen molar-refractivity contribution < 1.29 is 18.0 Å². The summed E-state index contributed by atoms with van der Waals surface area (Å²) >= 11 is 6.00. The summed E-state index contributed by atoms with van der Waals surface area (Å²) in [7, 11) is -4.14. The summed E-state index contributed by atoms with van der Waals surface area (Å²) in [4.78, 5) is 28.7. The fourth-order valence-corrected chi connectivity index (χ4v) is 5.87. The van der Waals surface area contributed by atoms with Crippen molar-refractivity contribution in [2.75, 3.05) is 17.4 Å². The van der Waals surface area contributed by atoms with Gasteiger partial charge in [-0.2, -0.15) is 0 Å². The average molecular weight is 570 g/mol. The SMILES string of the molecule is CCCNC(=O)C(CC)N(Cc1cccc(C)c1)C(=O)CN(c1cccc(C)c1)S(=O)(=O)c1ccc(Cl)cc1. The molecule has 1 N–H and O–H groups in total. The van der Waals surface area contributed by atoms with Crippen LogP contribution in [0.3, 0.4) is 0 Å². The standard InChI is InChI=1S/C30H36ClN3O4S/c1-5-17-32-30(36)28(6-2)33(20-24-11-7-9-22(3)18-24)29(35)21-34(26-12-8-10-23(4)19-26)39(37,38)27-15-13-25(31)14-16-27/h7-16,18-19,28H,5-6,17,20-21H2,1-4H3,(H,32,36). The number of sulfonamides is 1. The molecule has 2 amide bonds. The van der Waals surface area contributed by atoms with Crippen LogP contribution in [0.25, 0.3) is 0 Å². The van der Waals surface area contributed by atoms with Crippen molar-refractivity contribution in [3.05, 3.63) is 94.5 Å². The number of anilines is 1. The molecule has 0 saturated heterocycles. The number of benzene rings is 3. The van der Waals surface area contributed by atoms with Gasteiger partial charge < -0.3 is 10.2 Å². The van der Waals surface area contributed by atoms with E-state index in [0.29, 0.717) is 23.7 Å². The molecule has 0 heterocycles. The quantitative estimate of drug-likeness (QED) is 0.313. The number of carbonyl (C=O) groups excluding carboxylic acids is 2. The van der Waals surface area contributed by atoms with Crippen molar-refractivity contribution in [1.82, 2.24) is 10.2 Å². The zero-order valence-electron chi connectivity index (χ0n) is 22.9. The molecule has 1 unspecified atom stereocenters. The van der Waals surface area contributed by atoms with Gasteiger partial charge in [0.25, 0.3) is 10.0 Å². The van der Waals surface area contributed by atoms with Crippen molar-refractivity contribution >= 4 is 39.1 Å². The smallest absolute Gasteiger partial charge is 0.264 e. The summed E-state index contributed by atoms with van der Waals surface area (Å²) in [5.41, 5.74) is 3.08. The van der Waals surface area contributed by atoms with Crippen molar-refractivity contribution in [3.63, 3.8) is 0 Å². The lowest BCUT2D eigenvalue weighted by Gasteiger charge is -2.33. The molecule has 0 saturated carbocycles. The molecule has 0 aromatic heterocycles. The molecule has 3 rings (SSSR count). The molecule has 0 aliphatic carbocycles. The van der Waals surface area contributed by atoms with Crippen molar-refractivity contribution in [2.24, 2.45) is 0 Å². The molecule has 7 nitrogen and oxygen atoms in total. The number of amides is 2. The van der Waals surface area contributed by atoms with Gasteiger partial charge in [-0.3, -0.25) is 13.9 Å². The van der Waals surface area contributed by atoms with Crippen LogP contribution >= 0.6 is 11.6 Å². The Morgan fingerprint density at radius 2 is 1.56 bits per heavy atom. The van der Waals surface area contributed by atoms with Crippen molar-refractivity contribution in [3.8, 4) is 0 Å². The van der Waals surface area contributed by atoms with E-state index in [1.54, 1.807) is 18.2 Å². The van der Waals surface area contributed by atoms with Gasteiger partial charge in [-0.05, 0) is 74.2 Å². The van der Waals surface area contributed by atoms with E-state index in [1.807, 2.05) is 58.0 Å². The molecule has 39 heavy (non-hydrogen) atoms. The molecule has 9 heteroatoms. The number of nitrogens with one attached hydrogen (secondary N) is 1. The molecule has 3 aromatic rings. The minimum absolute atomic E-state index is 0.0131.